The third-order valence-corrected chi connectivity index (χ3v) is 4.34. The summed E-state index contributed by atoms with van der Waals surface area (Å²) in [7, 11) is 1.44. The van der Waals surface area contributed by atoms with Crippen LogP contribution in [0.25, 0.3) is 0 Å². The molecule has 0 radical (unpaired) electrons. The molecular formula is C17H22F3NO3. The van der Waals surface area contributed by atoms with E-state index in [0.717, 1.165) is 31.7 Å². The number of carbonyl (C=O) groups excluding carboxylic acids is 1. The summed E-state index contributed by atoms with van der Waals surface area (Å²) in [6.07, 6.45) is -1.14. The van der Waals surface area contributed by atoms with E-state index in [1.165, 1.54) is 19.2 Å². The van der Waals surface area contributed by atoms with Gasteiger partial charge in [-0.25, -0.2) is 0 Å². The van der Waals surface area contributed by atoms with E-state index in [9.17, 15) is 18.0 Å². The monoisotopic (exact) mass is 345 g/mol. The summed E-state index contributed by atoms with van der Waals surface area (Å²) in [5.74, 6) is -0.509. The maximum absolute atomic E-state index is 13.2. The SMILES string of the molecule is COCCOc1ccc(NC(=O)C2(C)CCCC2)cc1C(F)(F)F. The molecule has 1 aromatic rings. The standard InChI is InChI=1S/C17H22F3NO3/c1-16(7-3-4-8-16)15(22)21-12-5-6-14(24-10-9-23-2)13(11-12)17(18,19)20/h5-6,11H,3-4,7-10H2,1-2H3,(H,21,22). The fraction of sp³-hybridized carbons (Fsp3) is 0.588. The molecule has 1 saturated carbocycles. The topological polar surface area (TPSA) is 47.6 Å². The molecule has 0 bridgehead atoms. The maximum Gasteiger partial charge on any atom is 0.420 e. The van der Waals surface area contributed by atoms with Gasteiger partial charge in [-0.1, -0.05) is 19.8 Å². The summed E-state index contributed by atoms with van der Waals surface area (Å²) in [4.78, 5) is 12.4. The number of carbonyl (C=O) groups is 1. The highest BCUT2D eigenvalue weighted by Crippen LogP contribution is 2.40. The summed E-state index contributed by atoms with van der Waals surface area (Å²) in [6, 6.07) is 3.57. The molecule has 134 valence electrons. The van der Waals surface area contributed by atoms with Crippen LogP contribution in [0.2, 0.25) is 0 Å². The van der Waals surface area contributed by atoms with Gasteiger partial charge in [0.2, 0.25) is 5.91 Å². The second-order valence-electron chi connectivity index (χ2n) is 6.27. The molecule has 0 saturated heterocycles. The third-order valence-electron chi connectivity index (χ3n) is 4.34. The van der Waals surface area contributed by atoms with Crippen LogP contribution in [-0.4, -0.2) is 26.2 Å². The number of benzene rings is 1. The Hall–Kier alpha value is -1.76. The number of rotatable bonds is 6. The smallest absolute Gasteiger partial charge is 0.420 e. The van der Waals surface area contributed by atoms with Crippen molar-refractivity contribution in [2.24, 2.45) is 5.41 Å². The molecule has 0 aliphatic heterocycles. The molecule has 1 fully saturated rings. The molecule has 24 heavy (non-hydrogen) atoms. The van der Waals surface area contributed by atoms with E-state index in [0.29, 0.717) is 0 Å². The molecule has 1 amide bonds. The van der Waals surface area contributed by atoms with Gasteiger partial charge in [-0.3, -0.25) is 4.79 Å². The van der Waals surface area contributed by atoms with Crippen molar-refractivity contribution >= 4 is 11.6 Å². The number of nitrogens with one attached hydrogen (secondary N) is 1. The van der Waals surface area contributed by atoms with Crippen LogP contribution in [0.3, 0.4) is 0 Å². The van der Waals surface area contributed by atoms with Crippen LogP contribution in [0.15, 0.2) is 18.2 Å². The fourth-order valence-corrected chi connectivity index (χ4v) is 2.85. The number of methoxy groups -OCH3 is 1. The molecule has 1 aliphatic carbocycles. The predicted octanol–water partition coefficient (Wildman–Crippen LogP) is 4.25. The van der Waals surface area contributed by atoms with E-state index in [4.69, 9.17) is 9.47 Å². The lowest BCUT2D eigenvalue weighted by molar-refractivity contribution is -0.139. The summed E-state index contributed by atoms with van der Waals surface area (Å²) in [5, 5.41) is 2.61. The van der Waals surface area contributed by atoms with Crippen molar-refractivity contribution in [1.82, 2.24) is 0 Å². The first-order valence-electron chi connectivity index (χ1n) is 7.91. The minimum absolute atomic E-state index is 0.0172. The van der Waals surface area contributed by atoms with Gasteiger partial charge in [0.05, 0.1) is 12.2 Å². The molecule has 2 rings (SSSR count). The van der Waals surface area contributed by atoms with E-state index in [2.05, 4.69) is 5.32 Å². The van der Waals surface area contributed by atoms with E-state index < -0.39 is 17.2 Å². The Morgan fingerprint density at radius 2 is 1.92 bits per heavy atom. The van der Waals surface area contributed by atoms with Gasteiger partial charge < -0.3 is 14.8 Å². The van der Waals surface area contributed by atoms with Crippen molar-refractivity contribution in [3.63, 3.8) is 0 Å². The normalized spacial score (nSPS) is 16.9. The zero-order chi connectivity index (χ0) is 17.8. The average Bonchev–Trinajstić information content (AvgIpc) is 2.96. The van der Waals surface area contributed by atoms with Crippen LogP contribution in [-0.2, 0) is 15.7 Å². The molecular weight excluding hydrogens is 323 g/mol. The largest absolute Gasteiger partial charge is 0.491 e. The minimum atomic E-state index is -4.57. The lowest BCUT2D eigenvalue weighted by Crippen LogP contribution is -2.30. The molecule has 0 spiro atoms. The highest BCUT2D eigenvalue weighted by atomic mass is 19.4. The van der Waals surface area contributed by atoms with E-state index in [-0.39, 0.29) is 30.6 Å². The number of hydrogen-bond donors (Lipinski definition) is 1. The van der Waals surface area contributed by atoms with Gasteiger partial charge in [0, 0.05) is 18.2 Å². The van der Waals surface area contributed by atoms with E-state index in [1.54, 1.807) is 0 Å². The summed E-state index contributed by atoms with van der Waals surface area (Å²) < 4.78 is 49.6. The number of ether oxygens (including phenoxy) is 2. The van der Waals surface area contributed by atoms with Gasteiger partial charge in [0.25, 0.3) is 0 Å². The minimum Gasteiger partial charge on any atom is -0.491 e. The first kappa shape index (κ1) is 18.6. The van der Waals surface area contributed by atoms with Crippen LogP contribution in [0.4, 0.5) is 18.9 Å². The van der Waals surface area contributed by atoms with Gasteiger partial charge >= 0.3 is 6.18 Å². The van der Waals surface area contributed by atoms with Crippen molar-refractivity contribution in [3.05, 3.63) is 23.8 Å². The van der Waals surface area contributed by atoms with Crippen molar-refractivity contribution in [2.75, 3.05) is 25.6 Å². The number of amides is 1. The Morgan fingerprint density at radius 1 is 1.25 bits per heavy atom. The quantitative estimate of drug-likeness (QED) is 0.784. The highest BCUT2D eigenvalue weighted by molar-refractivity contribution is 5.95. The summed E-state index contributed by atoms with van der Waals surface area (Å²) in [5.41, 5.74) is -1.29. The van der Waals surface area contributed by atoms with Crippen molar-refractivity contribution in [1.29, 1.82) is 0 Å². The van der Waals surface area contributed by atoms with Crippen molar-refractivity contribution < 1.29 is 27.4 Å². The van der Waals surface area contributed by atoms with Gasteiger partial charge in [0.1, 0.15) is 12.4 Å². The second-order valence-corrected chi connectivity index (χ2v) is 6.27. The van der Waals surface area contributed by atoms with Crippen LogP contribution in [0.1, 0.15) is 38.2 Å². The van der Waals surface area contributed by atoms with E-state index >= 15 is 0 Å². The van der Waals surface area contributed by atoms with Gasteiger partial charge in [0.15, 0.2) is 0 Å². The lowest BCUT2D eigenvalue weighted by atomic mass is 9.88. The second kappa shape index (κ2) is 7.42. The van der Waals surface area contributed by atoms with Crippen LogP contribution in [0.5, 0.6) is 5.75 Å². The van der Waals surface area contributed by atoms with E-state index in [1.807, 2.05) is 6.92 Å². The molecule has 1 aromatic carbocycles. The summed E-state index contributed by atoms with van der Waals surface area (Å²) >= 11 is 0. The van der Waals surface area contributed by atoms with Crippen LogP contribution >= 0.6 is 0 Å². The zero-order valence-electron chi connectivity index (χ0n) is 13.8. The lowest BCUT2D eigenvalue weighted by Gasteiger charge is -2.23. The Morgan fingerprint density at radius 3 is 2.50 bits per heavy atom. The highest BCUT2D eigenvalue weighted by Gasteiger charge is 2.37. The van der Waals surface area contributed by atoms with Gasteiger partial charge in [-0.2, -0.15) is 13.2 Å². The Bertz CT molecular complexity index is 581. The Balaban J connectivity index is 2.18. The molecule has 0 atom stereocenters. The average molecular weight is 345 g/mol. The first-order chi connectivity index (χ1) is 11.3. The first-order valence-corrected chi connectivity index (χ1v) is 7.91. The maximum atomic E-state index is 13.2. The van der Waals surface area contributed by atoms with Crippen LogP contribution < -0.4 is 10.1 Å². The molecule has 1 aliphatic rings. The van der Waals surface area contributed by atoms with Gasteiger partial charge in [-0.05, 0) is 31.0 Å². The number of hydrogen-bond acceptors (Lipinski definition) is 3. The number of halogens is 3. The fourth-order valence-electron chi connectivity index (χ4n) is 2.85. The molecule has 4 nitrogen and oxygen atoms in total. The molecule has 1 N–H and O–H groups in total. The van der Waals surface area contributed by atoms with Crippen molar-refractivity contribution in [2.45, 2.75) is 38.8 Å². The number of alkyl halides is 3. The summed E-state index contributed by atoms with van der Waals surface area (Å²) in [6.45, 7) is 2.06. The number of anilines is 1. The molecule has 0 aromatic heterocycles. The third kappa shape index (κ3) is 4.41. The Labute approximate surface area is 139 Å². The molecule has 7 heteroatoms. The van der Waals surface area contributed by atoms with Gasteiger partial charge in [-0.15, -0.1) is 0 Å². The molecule has 0 heterocycles. The Kier molecular flexibility index (Phi) is 5.74. The molecule has 0 unspecified atom stereocenters. The van der Waals surface area contributed by atoms with Crippen LogP contribution in [0, 0.1) is 5.41 Å². The van der Waals surface area contributed by atoms with Crippen molar-refractivity contribution in [3.8, 4) is 5.75 Å². The zero-order valence-corrected chi connectivity index (χ0v) is 13.8. The predicted molar refractivity (Wildman–Crippen MR) is 84.0 cm³/mol.